The molecule has 0 N–H and O–H groups in total. The molecule has 1 saturated heterocycles. The molecule has 5 nitrogen and oxygen atoms in total. The molecule has 3 aromatic carbocycles. The van der Waals surface area contributed by atoms with Gasteiger partial charge >= 0.3 is 0 Å². The molecule has 1 aliphatic heterocycles. The van der Waals surface area contributed by atoms with Crippen molar-refractivity contribution >= 4 is 0 Å². The van der Waals surface area contributed by atoms with E-state index in [1.165, 1.54) is 0 Å². The largest absolute Gasteiger partial charge is 0.374 e. The van der Waals surface area contributed by atoms with Gasteiger partial charge in [-0.3, -0.25) is 0 Å². The Bertz CT molecular complexity index is 948. The fourth-order valence-corrected chi connectivity index (χ4v) is 3.98. The molecule has 0 aliphatic carbocycles. The predicted octanol–water partition coefficient (Wildman–Crippen LogP) is 5.52. The van der Waals surface area contributed by atoms with Crippen LogP contribution in [0.5, 0.6) is 0 Å². The fraction of sp³-hybridized carbons (Fsp3) is 0.379. The Morgan fingerprint density at radius 3 is 1.62 bits per heavy atom. The van der Waals surface area contributed by atoms with E-state index in [2.05, 4.69) is 36.4 Å². The first-order chi connectivity index (χ1) is 16.7. The standard InChI is InChI=1S/C29H34O5/c1-22(2)33-29-28(32-20-25-16-10-5-11-17-25)27(31-19-24-14-8-4-9-15-24)26(34-29)21-30-18-23-12-6-3-7-13-23/h3-17,22,26-29H,18-21H2,1-2H3/t26-,27-,28-,29-/m1/s1. The molecule has 0 spiro atoms. The van der Waals surface area contributed by atoms with Gasteiger partial charge in [0.1, 0.15) is 18.3 Å². The first-order valence-electron chi connectivity index (χ1n) is 11.9. The van der Waals surface area contributed by atoms with Crippen LogP contribution in [-0.2, 0) is 43.5 Å². The lowest BCUT2D eigenvalue weighted by Crippen LogP contribution is -2.40. The minimum atomic E-state index is -0.533. The maximum Gasteiger partial charge on any atom is 0.187 e. The molecule has 1 heterocycles. The van der Waals surface area contributed by atoms with Crippen LogP contribution in [-0.4, -0.2) is 37.3 Å². The first-order valence-corrected chi connectivity index (χ1v) is 11.9. The summed E-state index contributed by atoms with van der Waals surface area (Å²) < 4.78 is 31.2. The molecule has 180 valence electrons. The lowest BCUT2D eigenvalue weighted by Gasteiger charge is -2.25. The lowest BCUT2D eigenvalue weighted by molar-refractivity contribution is -0.200. The topological polar surface area (TPSA) is 46.2 Å². The van der Waals surface area contributed by atoms with Gasteiger partial charge in [-0.15, -0.1) is 0 Å². The van der Waals surface area contributed by atoms with Crippen molar-refractivity contribution in [3.8, 4) is 0 Å². The molecular weight excluding hydrogens is 428 g/mol. The second-order valence-electron chi connectivity index (χ2n) is 8.75. The van der Waals surface area contributed by atoms with Crippen molar-refractivity contribution in [2.75, 3.05) is 6.61 Å². The number of ether oxygens (including phenoxy) is 5. The summed E-state index contributed by atoms with van der Waals surface area (Å²) >= 11 is 0. The molecule has 1 aliphatic rings. The van der Waals surface area contributed by atoms with Gasteiger partial charge in [0.25, 0.3) is 0 Å². The van der Waals surface area contributed by atoms with Gasteiger partial charge in [-0.25, -0.2) is 0 Å². The van der Waals surface area contributed by atoms with Gasteiger partial charge in [0, 0.05) is 0 Å². The molecule has 0 unspecified atom stereocenters. The monoisotopic (exact) mass is 462 g/mol. The Labute approximate surface area is 202 Å². The van der Waals surface area contributed by atoms with Gasteiger partial charge in [-0.1, -0.05) is 91.0 Å². The second kappa shape index (κ2) is 12.8. The van der Waals surface area contributed by atoms with Crippen LogP contribution in [0.2, 0.25) is 0 Å². The minimum absolute atomic E-state index is 0.00779. The van der Waals surface area contributed by atoms with Gasteiger partial charge in [-0.2, -0.15) is 0 Å². The first kappa shape index (κ1) is 24.6. The molecule has 3 aromatic rings. The van der Waals surface area contributed by atoms with Crippen molar-refractivity contribution in [1.82, 2.24) is 0 Å². The van der Waals surface area contributed by atoms with Gasteiger partial charge in [0.2, 0.25) is 0 Å². The molecule has 5 heteroatoms. The Morgan fingerprint density at radius 1 is 0.647 bits per heavy atom. The van der Waals surface area contributed by atoms with Gasteiger partial charge < -0.3 is 23.7 Å². The summed E-state index contributed by atoms with van der Waals surface area (Å²) in [5.41, 5.74) is 3.31. The van der Waals surface area contributed by atoms with Crippen LogP contribution < -0.4 is 0 Å². The van der Waals surface area contributed by atoms with E-state index in [9.17, 15) is 0 Å². The molecule has 4 rings (SSSR count). The van der Waals surface area contributed by atoms with Crippen LogP contribution in [0.1, 0.15) is 30.5 Å². The average Bonchev–Trinajstić information content (AvgIpc) is 3.18. The number of benzene rings is 3. The molecule has 0 amide bonds. The summed E-state index contributed by atoms with van der Waals surface area (Å²) in [5, 5.41) is 0. The lowest BCUT2D eigenvalue weighted by atomic mass is 10.1. The van der Waals surface area contributed by atoms with Crippen molar-refractivity contribution in [2.24, 2.45) is 0 Å². The fourth-order valence-electron chi connectivity index (χ4n) is 3.98. The summed E-state index contributed by atoms with van der Waals surface area (Å²) in [6, 6.07) is 30.4. The average molecular weight is 463 g/mol. The van der Waals surface area contributed by atoms with Crippen molar-refractivity contribution in [3.63, 3.8) is 0 Å². The molecule has 0 saturated carbocycles. The highest BCUT2D eigenvalue weighted by Gasteiger charge is 2.47. The third-order valence-electron chi connectivity index (χ3n) is 5.64. The van der Waals surface area contributed by atoms with Gasteiger partial charge in [-0.05, 0) is 30.5 Å². The SMILES string of the molecule is CC(C)O[C@@H]1O[C@H](COCc2ccccc2)[C@@H](OCc2ccccc2)[C@H]1OCc1ccccc1. The van der Waals surface area contributed by atoms with Crippen LogP contribution in [0, 0.1) is 0 Å². The van der Waals surface area contributed by atoms with E-state index >= 15 is 0 Å². The molecule has 34 heavy (non-hydrogen) atoms. The van der Waals surface area contributed by atoms with E-state index in [4.69, 9.17) is 23.7 Å². The maximum atomic E-state index is 6.41. The molecule has 0 radical (unpaired) electrons. The summed E-state index contributed by atoms with van der Waals surface area (Å²) in [4.78, 5) is 0. The zero-order valence-corrected chi connectivity index (χ0v) is 19.9. The maximum absolute atomic E-state index is 6.41. The normalized spacial score (nSPS) is 22.3. The van der Waals surface area contributed by atoms with E-state index in [0.29, 0.717) is 26.4 Å². The molecular formula is C29H34O5. The quantitative estimate of drug-likeness (QED) is 0.354. The molecule has 0 bridgehead atoms. The van der Waals surface area contributed by atoms with Gasteiger partial charge in [0.05, 0.1) is 32.5 Å². The van der Waals surface area contributed by atoms with Crippen molar-refractivity contribution in [1.29, 1.82) is 0 Å². The highest BCUT2D eigenvalue weighted by atomic mass is 16.7. The summed E-state index contributed by atoms with van der Waals surface area (Å²) in [5.74, 6) is 0. The number of hydrogen-bond acceptors (Lipinski definition) is 5. The van der Waals surface area contributed by atoms with Crippen LogP contribution in [0.25, 0.3) is 0 Å². The third kappa shape index (κ3) is 7.23. The Hall–Kier alpha value is -2.54. The zero-order chi connectivity index (χ0) is 23.6. The smallest absolute Gasteiger partial charge is 0.187 e. The minimum Gasteiger partial charge on any atom is -0.374 e. The zero-order valence-electron chi connectivity index (χ0n) is 19.9. The second-order valence-corrected chi connectivity index (χ2v) is 8.75. The molecule has 0 aromatic heterocycles. The van der Waals surface area contributed by atoms with Crippen molar-refractivity contribution in [3.05, 3.63) is 108 Å². The van der Waals surface area contributed by atoms with Crippen LogP contribution >= 0.6 is 0 Å². The summed E-state index contributed by atoms with van der Waals surface area (Å²) in [6.45, 7) is 5.81. The molecule has 4 atom stereocenters. The Kier molecular flexibility index (Phi) is 9.25. The number of hydrogen-bond donors (Lipinski definition) is 0. The van der Waals surface area contributed by atoms with E-state index in [-0.39, 0.29) is 24.4 Å². The number of rotatable bonds is 12. The summed E-state index contributed by atoms with van der Waals surface area (Å²) in [7, 11) is 0. The predicted molar refractivity (Wildman–Crippen MR) is 131 cm³/mol. The van der Waals surface area contributed by atoms with E-state index in [0.717, 1.165) is 16.7 Å². The highest BCUT2D eigenvalue weighted by Crippen LogP contribution is 2.30. The third-order valence-corrected chi connectivity index (χ3v) is 5.64. The van der Waals surface area contributed by atoms with Gasteiger partial charge in [0.15, 0.2) is 6.29 Å². The van der Waals surface area contributed by atoms with E-state index < -0.39 is 6.29 Å². The van der Waals surface area contributed by atoms with Crippen LogP contribution in [0.4, 0.5) is 0 Å². The van der Waals surface area contributed by atoms with Crippen LogP contribution in [0.15, 0.2) is 91.0 Å². The van der Waals surface area contributed by atoms with E-state index in [1.807, 2.05) is 68.4 Å². The van der Waals surface area contributed by atoms with Crippen molar-refractivity contribution < 1.29 is 23.7 Å². The molecule has 1 fully saturated rings. The van der Waals surface area contributed by atoms with E-state index in [1.54, 1.807) is 0 Å². The Morgan fingerprint density at radius 2 is 1.12 bits per heavy atom. The summed E-state index contributed by atoms with van der Waals surface area (Å²) in [6.07, 6.45) is -1.56. The van der Waals surface area contributed by atoms with Crippen LogP contribution in [0.3, 0.4) is 0 Å². The highest BCUT2D eigenvalue weighted by molar-refractivity contribution is 5.15. The van der Waals surface area contributed by atoms with Crippen molar-refractivity contribution in [2.45, 2.75) is 64.4 Å². The Balaban J connectivity index is 1.46.